The van der Waals surface area contributed by atoms with E-state index < -0.39 is 10.0 Å². The molecule has 3 N–H and O–H groups in total. The summed E-state index contributed by atoms with van der Waals surface area (Å²) in [5, 5.41) is 6.42. The summed E-state index contributed by atoms with van der Waals surface area (Å²) in [6, 6.07) is 19.2. The van der Waals surface area contributed by atoms with Crippen LogP contribution in [0.25, 0.3) is 0 Å². The number of aliphatic imine (C=N–C) groups is 1. The summed E-state index contributed by atoms with van der Waals surface area (Å²) in [4.78, 5) is 6.78. The molecule has 0 spiro atoms. The molecule has 1 unspecified atom stereocenters. The molecular weight excluding hydrogens is 398 g/mol. The van der Waals surface area contributed by atoms with Crippen molar-refractivity contribution in [3.05, 3.63) is 66.2 Å². The molecule has 0 aliphatic rings. The molecule has 7 nitrogen and oxygen atoms in total. The summed E-state index contributed by atoms with van der Waals surface area (Å²) in [5.74, 6) is 0.659. The van der Waals surface area contributed by atoms with Crippen LogP contribution < -0.4 is 15.4 Å². The molecule has 164 valence electrons. The lowest BCUT2D eigenvalue weighted by molar-refractivity contribution is 0.238. The third-order valence-electron chi connectivity index (χ3n) is 4.87. The Balaban J connectivity index is 1.66. The molecule has 0 saturated heterocycles. The van der Waals surface area contributed by atoms with Crippen molar-refractivity contribution in [3.63, 3.8) is 0 Å². The number of hydrogen-bond donors (Lipinski definition) is 3. The molecular formula is C22H33N5O2S. The number of rotatable bonds is 11. The van der Waals surface area contributed by atoms with E-state index in [1.165, 1.54) is 5.56 Å². The minimum atomic E-state index is -3.48. The Morgan fingerprint density at radius 3 is 2.20 bits per heavy atom. The zero-order valence-corrected chi connectivity index (χ0v) is 18.8. The number of nitrogens with zero attached hydrogens (tertiary/aromatic N) is 2. The van der Waals surface area contributed by atoms with Crippen molar-refractivity contribution in [2.75, 3.05) is 33.7 Å². The van der Waals surface area contributed by atoms with E-state index in [9.17, 15) is 8.42 Å². The predicted molar refractivity (Wildman–Crippen MR) is 123 cm³/mol. The van der Waals surface area contributed by atoms with E-state index in [0.717, 1.165) is 19.5 Å². The van der Waals surface area contributed by atoms with Crippen LogP contribution in [0, 0.1) is 0 Å². The molecule has 0 aliphatic heterocycles. The standard InChI is InChI=1S/C22H33N5O2S/c1-19(27(3)18-20-10-6-4-7-11-20)14-15-24-22(23-2)25-16-17-26-30(28,29)21-12-8-5-9-13-21/h4-13,19,26H,14-18H2,1-3H3,(H2,23,24,25). The van der Waals surface area contributed by atoms with Crippen molar-refractivity contribution >= 4 is 16.0 Å². The van der Waals surface area contributed by atoms with Gasteiger partial charge in [-0.25, -0.2) is 13.1 Å². The maximum atomic E-state index is 12.2. The summed E-state index contributed by atoms with van der Waals surface area (Å²) < 4.78 is 27.0. The molecule has 1 atom stereocenters. The second-order valence-corrected chi connectivity index (χ2v) is 8.94. The van der Waals surface area contributed by atoms with Gasteiger partial charge in [0, 0.05) is 39.3 Å². The van der Waals surface area contributed by atoms with Gasteiger partial charge in [-0.1, -0.05) is 48.5 Å². The van der Waals surface area contributed by atoms with Crippen LogP contribution in [0.1, 0.15) is 18.9 Å². The van der Waals surface area contributed by atoms with Crippen LogP contribution in [-0.2, 0) is 16.6 Å². The van der Waals surface area contributed by atoms with Crippen LogP contribution in [0.15, 0.2) is 70.6 Å². The largest absolute Gasteiger partial charge is 0.356 e. The highest BCUT2D eigenvalue weighted by Crippen LogP contribution is 2.08. The first-order valence-electron chi connectivity index (χ1n) is 10.2. The quantitative estimate of drug-likeness (QED) is 0.288. The highest BCUT2D eigenvalue weighted by atomic mass is 32.2. The predicted octanol–water partition coefficient (Wildman–Crippen LogP) is 2.04. The summed E-state index contributed by atoms with van der Waals surface area (Å²) in [6.45, 7) is 4.61. The van der Waals surface area contributed by atoms with Crippen LogP contribution in [0.4, 0.5) is 0 Å². The molecule has 2 rings (SSSR count). The third-order valence-corrected chi connectivity index (χ3v) is 6.35. The molecule has 2 aromatic rings. The monoisotopic (exact) mass is 431 g/mol. The minimum absolute atomic E-state index is 0.265. The van der Waals surface area contributed by atoms with Crippen molar-refractivity contribution in [1.29, 1.82) is 0 Å². The smallest absolute Gasteiger partial charge is 0.240 e. The Hall–Kier alpha value is -2.42. The van der Waals surface area contributed by atoms with Crippen molar-refractivity contribution in [2.24, 2.45) is 4.99 Å². The molecule has 0 radical (unpaired) electrons. The number of sulfonamides is 1. The number of benzene rings is 2. The highest BCUT2D eigenvalue weighted by molar-refractivity contribution is 7.89. The van der Waals surface area contributed by atoms with E-state index in [1.807, 2.05) is 6.07 Å². The van der Waals surface area contributed by atoms with Crippen LogP contribution >= 0.6 is 0 Å². The van der Waals surface area contributed by atoms with Crippen molar-refractivity contribution in [2.45, 2.75) is 30.8 Å². The number of hydrogen-bond acceptors (Lipinski definition) is 4. The fraction of sp³-hybridized carbons (Fsp3) is 0.409. The average Bonchev–Trinajstić information content (AvgIpc) is 2.76. The lowest BCUT2D eigenvalue weighted by atomic mass is 10.1. The normalized spacial score (nSPS) is 13.3. The van der Waals surface area contributed by atoms with Gasteiger partial charge < -0.3 is 10.6 Å². The van der Waals surface area contributed by atoms with Crippen molar-refractivity contribution < 1.29 is 8.42 Å². The van der Waals surface area contributed by atoms with Gasteiger partial charge in [0.15, 0.2) is 5.96 Å². The molecule has 0 aliphatic carbocycles. The molecule has 30 heavy (non-hydrogen) atoms. The Morgan fingerprint density at radius 2 is 1.57 bits per heavy atom. The molecule has 0 bridgehead atoms. The first-order chi connectivity index (χ1) is 14.4. The van der Waals surface area contributed by atoms with Gasteiger partial charge >= 0.3 is 0 Å². The minimum Gasteiger partial charge on any atom is -0.356 e. The maximum absolute atomic E-state index is 12.2. The second-order valence-electron chi connectivity index (χ2n) is 7.18. The third kappa shape index (κ3) is 8.14. The Labute approximate surface area is 180 Å². The molecule has 2 aromatic carbocycles. The van der Waals surface area contributed by atoms with E-state index in [2.05, 4.69) is 63.5 Å². The first-order valence-corrected chi connectivity index (χ1v) is 11.6. The van der Waals surface area contributed by atoms with Gasteiger partial charge in [0.05, 0.1) is 4.90 Å². The average molecular weight is 432 g/mol. The van der Waals surface area contributed by atoms with Gasteiger partial charge in [-0.15, -0.1) is 0 Å². The van der Waals surface area contributed by atoms with E-state index in [-0.39, 0.29) is 11.4 Å². The molecule has 0 fully saturated rings. The van der Waals surface area contributed by atoms with Gasteiger partial charge in [-0.2, -0.15) is 0 Å². The topological polar surface area (TPSA) is 85.8 Å². The number of guanidine groups is 1. The van der Waals surface area contributed by atoms with E-state index in [0.29, 0.717) is 18.5 Å². The zero-order valence-electron chi connectivity index (χ0n) is 18.0. The van der Waals surface area contributed by atoms with Crippen LogP contribution in [-0.4, -0.2) is 59.0 Å². The lowest BCUT2D eigenvalue weighted by Crippen LogP contribution is -2.43. The van der Waals surface area contributed by atoms with E-state index in [1.54, 1.807) is 37.4 Å². The van der Waals surface area contributed by atoms with Gasteiger partial charge in [0.2, 0.25) is 10.0 Å². The molecule has 0 saturated carbocycles. The Kier molecular flexibility index (Phi) is 9.79. The summed E-state index contributed by atoms with van der Waals surface area (Å²) in [7, 11) is 0.347. The molecule has 0 amide bonds. The molecule has 8 heteroatoms. The fourth-order valence-electron chi connectivity index (χ4n) is 2.92. The fourth-order valence-corrected chi connectivity index (χ4v) is 3.97. The maximum Gasteiger partial charge on any atom is 0.240 e. The second kappa shape index (κ2) is 12.3. The van der Waals surface area contributed by atoms with E-state index in [4.69, 9.17) is 0 Å². The van der Waals surface area contributed by atoms with E-state index >= 15 is 0 Å². The van der Waals surface area contributed by atoms with Gasteiger partial charge in [0.1, 0.15) is 0 Å². The highest BCUT2D eigenvalue weighted by Gasteiger charge is 2.12. The van der Waals surface area contributed by atoms with Crippen molar-refractivity contribution in [1.82, 2.24) is 20.3 Å². The Bertz CT molecular complexity index is 873. The van der Waals surface area contributed by atoms with Gasteiger partial charge in [0.25, 0.3) is 0 Å². The first kappa shape index (κ1) is 23.9. The van der Waals surface area contributed by atoms with Crippen LogP contribution in [0.3, 0.4) is 0 Å². The lowest BCUT2D eigenvalue weighted by Gasteiger charge is -2.25. The summed E-state index contributed by atoms with van der Waals surface area (Å²) in [6.07, 6.45) is 0.963. The SMILES string of the molecule is CN=C(NCCNS(=O)(=O)c1ccccc1)NCCC(C)N(C)Cc1ccccc1. The van der Waals surface area contributed by atoms with Gasteiger partial charge in [-0.05, 0) is 38.1 Å². The van der Waals surface area contributed by atoms with Gasteiger partial charge in [-0.3, -0.25) is 9.89 Å². The summed E-state index contributed by atoms with van der Waals surface area (Å²) >= 11 is 0. The van der Waals surface area contributed by atoms with Crippen LogP contribution in [0.5, 0.6) is 0 Å². The van der Waals surface area contributed by atoms with Crippen molar-refractivity contribution in [3.8, 4) is 0 Å². The molecule has 0 heterocycles. The number of nitrogens with one attached hydrogen (secondary N) is 3. The summed E-state index contributed by atoms with van der Waals surface area (Å²) in [5.41, 5.74) is 1.30. The Morgan fingerprint density at radius 1 is 0.967 bits per heavy atom. The zero-order chi connectivity index (χ0) is 21.8. The van der Waals surface area contributed by atoms with Crippen LogP contribution in [0.2, 0.25) is 0 Å². The molecule has 0 aromatic heterocycles.